The lowest BCUT2D eigenvalue weighted by Crippen LogP contribution is -2.34. The highest BCUT2D eigenvalue weighted by Gasteiger charge is 2.15. The zero-order valence-electron chi connectivity index (χ0n) is 8.82. The number of nitrogens with one attached hydrogen (secondary N) is 2. The van der Waals surface area contributed by atoms with Gasteiger partial charge in [-0.2, -0.15) is 0 Å². The van der Waals surface area contributed by atoms with Crippen molar-refractivity contribution in [1.29, 1.82) is 0 Å². The normalized spacial score (nSPS) is 11.6. The summed E-state index contributed by atoms with van der Waals surface area (Å²) in [5, 5.41) is 4.25. The van der Waals surface area contributed by atoms with E-state index >= 15 is 0 Å². The van der Waals surface area contributed by atoms with Gasteiger partial charge in [0.25, 0.3) is 5.91 Å². The standard InChI is InChI=1S/C9H10BrN3O4/c1-4(10)7(14)12-6-3-2-5(17-6)8(15)13-9(11)16/h2-4H,1H3,(H,12,14)(H3,11,13,15,16)/t4-/m1/s1. The number of carbonyl (C=O) groups is 3. The Hall–Kier alpha value is -1.83. The van der Waals surface area contributed by atoms with Crippen molar-refractivity contribution in [2.24, 2.45) is 5.73 Å². The third-order valence-electron chi connectivity index (χ3n) is 1.67. The molecule has 0 saturated carbocycles. The third kappa shape index (κ3) is 3.91. The zero-order valence-corrected chi connectivity index (χ0v) is 10.4. The van der Waals surface area contributed by atoms with Crippen LogP contribution in [0.2, 0.25) is 0 Å². The molecule has 8 heteroatoms. The third-order valence-corrected chi connectivity index (χ3v) is 2.09. The number of carbonyl (C=O) groups excluding carboxylic acids is 3. The van der Waals surface area contributed by atoms with E-state index in [0.717, 1.165) is 0 Å². The lowest BCUT2D eigenvalue weighted by Gasteiger charge is -2.02. The molecule has 0 saturated heterocycles. The summed E-state index contributed by atoms with van der Waals surface area (Å²) < 4.78 is 4.99. The van der Waals surface area contributed by atoms with Crippen LogP contribution in [-0.4, -0.2) is 22.7 Å². The molecule has 0 bridgehead atoms. The Balaban J connectivity index is 2.68. The average Bonchev–Trinajstić information content (AvgIpc) is 2.65. The van der Waals surface area contributed by atoms with E-state index in [9.17, 15) is 14.4 Å². The number of nitrogens with two attached hydrogens (primary N) is 1. The van der Waals surface area contributed by atoms with Crippen LogP contribution in [-0.2, 0) is 4.79 Å². The van der Waals surface area contributed by atoms with E-state index in [1.165, 1.54) is 12.1 Å². The molecule has 0 aromatic carbocycles. The minimum absolute atomic E-state index is 0.107. The smallest absolute Gasteiger partial charge is 0.319 e. The maximum absolute atomic E-state index is 11.3. The number of primary amides is 1. The molecule has 0 spiro atoms. The Morgan fingerprint density at radius 3 is 2.59 bits per heavy atom. The van der Waals surface area contributed by atoms with Gasteiger partial charge < -0.3 is 10.2 Å². The van der Waals surface area contributed by atoms with Crippen molar-refractivity contribution in [3.63, 3.8) is 0 Å². The highest BCUT2D eigenvalue weighted by Crippen LogP contribution is 2.14. The summed E-state index contributed by atoms with van der Waals surface area (Å²) >= 11 is 3.07. The average molecular weight is 304 g/mol. The molecule has 1 rings (SSSR count). The molecule has 0 aliphatic heterocycles. The molecule has 0 fully saturated rings. The van der Waals surface area contributed by atoms with Crippen molar-refractivity contribution in [2.45, 2.75) is 11.8 Å². The number of anilines is 1. The molecule has 92 valence electrons. The first kappa shape index (κ1) is 13.2. The van der Waals surface area contributed by atoms with Crippen LogP contribution in [0.5, 0.6) is 0 Å². The van der Waals surface area contributed by atoms with Gasteiger partial charge in [0.1, 0.15) is 0 Å². The predicted molar refractivity (Wildman–Crippen MR) is 62.8 cm³/mol. The van der Waals surface area contributed by atoms with E-state index in [2.05, 4.69) is 21.2 Å². The number of hydrogen-bond donors (Lipinski definition) is 3. The van der Waals surface area contributed by atoms with Crippen molar-refractivity contribution >= 4 is 39.7 Å². The van der Waals surface area contributed by atoms with Gasteiger partial charge in [0.2, 0.25) is 5.91 Å². The van der Waals surface area contributed by atoms with E-state index < -0.39 is 16.8 Å². The summed E-state index contributed by atoms with van der Waals surface area (Å²) in [6.45, 7) is 1.64. The molecular weight excluding hydrogens is 294 g/mol. The van der Waals surface area contributed by atoms with Crippen molar-refractivity contribution < 1.29 is 18.8 Å². The number of furan rings is 1. The lowest BCUT2D eigenvalue weighted by atomic mass is 10.4. The fraction of sp³-hybridized carbons (Fsp3) is 0.222. The second-order valence-corrected chi connectivity index (χ2v) is 4.46. The quantitative estimate of drug-likeness (QED) is 0.717. The van der Waals surface area contributed by atoms with Crippen molar-refractivity contribution in [3.8, 4) is 0 Å². The minimum atomic E-state index is -0.980. The van der Waals surface area contributed by atoms with Gasteiger partial charge in [-0.25, -0.2) is 4.79 Å². The fourth-order valence-electron chi connectivity index (χ4n) is 0.921. The summed E-state index contributed by atoms with van der Waals surface area (Å²) in [5.41, 5.74) is 4.77. The largest absolute Gasteiger partial charge is 0.435 e. The first-order valence-electron chi connectivity index (χ1n) is 4.55. The van der Waals surface area contributed by atoms with Gasteiger partial charge in [-0.15, -0.1) is 0 Å². The number of alkyl halides is 1. The van der Waals surface area contributed by atoms with Crippen LogP contribution < -0.4 is 16.4 Å². The molecule has 17 heavy (non-hydrogen) atoms. The second kappa shape index (κ2) is 5.48. The lowest BCUT2D eigenvalue weighted by molar-refractivity contribution is -0.115. The number of urea groups is 1. The predicted octanol–water partition coefficient (Wildman–Crippen LogP) is 0.810. The molecule has 1 atom stereocenters. The Bertz CT molecular complexity index is 455. The van der Waals surface area contributed by atoms with Gasteiger partial charge in [-0.1, -0.05) is 15.9 Å². The Kier molecular flexibility index (Phi) is 4.27. The van der Waals surface area contributed by atoms with Crippen molar-refractivity contribution in [1.82, 2.24) is 5.32 Å². The van der Waals surface area contributed by atoms with Crippen LogP contribution in [0.3, 0.4) is 0 Å². The molecule has 1 heterocycles. The molecule has 4 N–H and O–H groups in total. The SMILES string of the molecule is C[C@@H](Br)C(=O)Nc1ccc(C(=O)NC(N)=O)o1. The van der Waals surface area contributed by atoms with E-state index in [4.69, 9.17) is 10.2 Å². The zero-order chi connectivity index (χ0) is 13.0. The molecule has 0 aliphatic carbocycles. The van der Waals surface area contributed by atoms with E-state index in [1.54, 1.807) is 6.92 Å². The summed E-state index contributed by atoms with van der Waals surface area (Å²) in [4.78, 5) is 32.6. The second-order valence-electron chi connectivity index (χ2n) is 3.09. The molecule has 0 aliphatic rings. The van der Waals surface area contributed by atoms with Crippen LogP contribution >= 0.6 is 15.9 Å². The maximum Gasteiger partial charge on any atom is 0.319 e. The summed E-state index contributed by atoms with van der Waals surface area (Å²) in [7, 11) is 0. The highest BCUT2D eigenvalue weighted by molar-refractivity contribution is 9.10. The first-order chi connectivity index (χ1) is 7.90. The van der Waals surface area contributed by atoms with E-state index in [1.807, 2.05) is 5.32 Å². The monoisotopic (exact) mass is 303 g/mol. The molecule has 7 nitrogen and oxygen atoms in total. The Morgan fingerprint density at radius 2 is 2.06 bits per heavy atom. The van der Waals surface area contributed by atoms with Crippen molar-refractivity contribution in [3.05, 3.63) is 17.9 Å². The molecule has 0 radical (unpaired) electrons. The van der Waals surface area contributed by atoms with Gasteiger partial charge in [0.15, 0.2) is 11.6 Å². The summed E-state index contributed by atoms with van der Waals surface area (Å²) in [6.07, 6.45) is 0. The van der Waals surface area contributed by atoms with Crippen LogP contribution in [0.1, 0.15) is 17.5 Å². The topological polar surface area (TPSA) is 114 Å². The number of amides is 4. The number of imide groups is 1. The molecule has 1 aromatic heterocycles. The minimum Gasteiger partial charge on any atom is -0.435 e. The fourth-order valence-corrected chi connectivity index (χ4v) is 1.04. The highest BCUT2D eigenvalue weighted by atomic mass is 79.9. The van der Waals surface area contributed by atoms with Gasteiger partial charge >= 0.3 is 6.03 Å². The Morgan fingerprint density at radius 1 is 1.41 bits per heavy atom. The Labute approximate surface area is 105 Å². The maximum atomic E-state index is 11.3. The first-order valence-corrected chi connectivity index (χ1v) is 5.47. The molecular formula is C9H10BrN3O4. The van der Waals surface area contributed by atoms with Gasteiger partial charge in [0.05, 0.1) is 4.83 Å². The van der Waals surface area contributed by atoms with Gasteiger partial charge in [0, 0.05) is 6.07 Å². The molecule has 4 amide bonds. The molecule has 1 aromatic rings. The van der Waals surface area contributed by atoms with E-state index in [-0.39, 0.29) is 17.6 Å². The number of hydrogen-bond acceptors (Lipinski definition) is 4. The van der Waals surface area contributed by atoms with Crippen LogP contribution in [0.4, 0.5) is 10.7 Å². The summed E-state index contributed by atoms with van der Waals surface area (Å²) in [6, 6.07) is 1.72. The van der Waals surface area contributed by atoms with Crippen LogP contribution in [0.25, 0.3) is 0 Å². The number of halogens is 1. The van der Waals surface area contributed by atoms with Crippen LogP contribution in [0, 0.1) is 0 Å². The van der Waals surface area contributed by atoms with Gasteiger partial charge in [-0.05, 0) is 13.0 Å². The summed E-state index contributed by atoms with van der Waals surface area (Å²) in [5.74, 6) is -1.11. The molecule has 0 unspecified atom stereocenters. The van der Waals surface area contributed by atoms with Crippen molar-refractivity contribution in [2.75, 3.05) is 5.32 Å². The number of rotatable bonds is 3. The van der Waals surface area contributed by atoms with E-state index in [0.29, 0.717) is 0 Å². The van der Waals surface area contributed by atoms with Crippen LogP contribution in [0.15, 0.2) is 16.5 Å². The van der Waals surface area contributed by atoms with Gasteiger partial charge in [-0.3, -0.25) is 20.2 Å².